The summed E-state index contributed by atoms with van der Waals surface area (Å²) in [5.41, 5.74) is 1.26. The Morgan fingerprint density at radius 3 is 2.60 bits per heavy atom. The van der Waals surface area contributed by atoms with Crippen LogP contribution in [-0.4, -0.2) is 16.0 Å². The van der Waals surface area contributed by atoms with Crippen LogP contribution < -0.4 is 0 Å². The zero-order valence-corrected chi connectivity index (χ0v) is 12.3. The minimum Gasteiger partial charge on any atom is -0.339 e. The van der Waals surface area contributed by atoms with Crippen LogP contribution in [0.3, 0.4) is 0 Å². The van der Waals surface area contributed by atoms with Gasteiger partial charge in [-0.25, -0.2) is 0 Å². The summed E-state index contributed by atoms with van der Waals surface area (Å²) < 4.78 is 5.41. The maximum atomic E-state index is 5.72. The molecule has 106 valence electrons. The van der Waals surface area contributed by atoms with Crippen LogP contribution in [0, 0.1) is 0 Å². The fourth-order valence-corrected chi connectivity index (χ4v) is 3.28. The van der Waals surface area contributed by atoms with Gasteiger partial charge in [-0.2, -0.15) is 4.98 Å². The third-order valence-electron chi connectivity index (χ3n) is 4.20. The molecule has 3 nitrogen and oxygen atoms in total. The predicted octanol–water partition coefficient (Wildman–Crippen LogP) is 4.10. The Morgan fingerprint density at radius 1 is 1.15 bits per heavy atom. The number of rotatable bonds is 5. The van der Waals surface area contributed by atoms with Crippen LogP contribution in [0.1, 0.15) is 49.4 Å². The van der Waals surface area contributed by atoms with Crippen molar-refractivity contribution < 1.29 is 4.52 Å². The molecule has 1 aliphatic carbocycles. The van der Waals surface area contributed by atoms with Crippen molar-refractivity contribution in [3.63, 3.8) is 0 Å². The Labute approximate surface area is 124 Å². The van der Waals surface area contributed by atoms with Crippen molar-refractivity contribution in [3.8, 4) is 0 Å². The van der Waals surface area contributed by atoms with E-state index in [0.717, 1.165) is 31.5 Å². The lowest BCUT2D eigenvalue weighted by Crippen LogP contribution is -2.25. The predicted molar refractivity (Wildman–Crippen MR) is 79.0 cm³/mol. The third kappa shape index (κ3) is 2.47. The molecule has 0 saturated heterocycles. The van der Waals surface area contributed by atoms with Crippen molar-refractivity contribution in [2.75, 3.05) is 5.88 Å². The first-order valence-corrected chi connectivity index (χ1v) is 7.83. The van der Waals surface area contributed by atoms with Gasteiger partial charge in [0.05, 0.1) is 5.41 Å². The summed E-state index contributed by atoms with van der Waals surface area (Å²) in [6.45, 7) is 0. The molecule has 0 radical (unpaired) electrons. The largest absolute Gasteiger partial charge is 0.339 e. The molecule has 1 aliphatic rings. The van der Waals surface area contributed by atoms with Crippen molar-refractivity contribution in [3.05, 3.63) is 47.6 Å². The van der Waals surface area contributed by atoms with Gasteiger partial charge in [0, 0.05) is 12.3 Å². The van der Waals surface area contributed by atoms with Gasteiger partial charge in [-0.15, -0.1) is 11.6 Å². The molecule has 3 rings (SSSR count). The van der Waals surface area contributed by atoms with E-state index in [1.165, 1.54) is 18.4 Å². The lowest BCUT2D eigenvalue weighted by atomic mass is 9.78. The van der Waals surface area contributed by atoms with Crippen LogP contribution in [-0.2, 0) is 11.8 Å². The summed E-state index contributed by atoms with van der Waals surface area (Å²) in [5.74, 6) is 2.19. The molecule has 1 aromatic carbocycles. The lowest BCUT2D eigenvalue weighted by Gasteiger charge is -2.25. The minimum absolute atomic E-state index is 0.0516. The quantitative estimate of drug-likeness (QED) is 0.778. The molecule has 0 N–H and O–H groups in total. The standard InChI is InChI=1S/C16H19ClN2O/c17-12-6-9-14-18-15(19-20-14)16(10-4-5-11-16)13-7-2-1-3-8-13/h1-3,7-8H,4-6,9-12H2. The van der Waals surface area contributed by atoms with Crippen molar-refractivity contribution in [2.24, 2.45) is 0 Å². The minimum atomic E-state index is -0.0516. The van der Waals surface area contributed by atoms with Crippen molar-refractivity contribution in [1.82, 2.24) is 10.1 Å². The van der Waals surface area contributed by atoms with Crippen molar-refractivity contribution in [1.29, 1.82) is 0 Å². The SMILES string of the molecule is ClCCCc1nc(C2(c3ccccc3)CCCC2)no1. The van der Waals surface area contributed by atoms with E-state index in [2.05, 4.69) is 34.4 Å². The molecule has 0 unspecified atom stereocenters. The highest BCUT2D eigenvalue weighted by atomic mass is 35.5. The van der Waals surface area contributed by atoms with E-state index in [4.69, 9.17) is 16.1 Å². The van der Waals surface area contributed by atoms with Crippen molar-refractivity contribution in [2.45, 2.75) is 43.9 Å². The summed E-state index contributed by atoms with van der Waals surface area (Å²) in [6.07, 6.45) is 6.29. The number of aromatic nitrogens is 2. The molecule has 0 bridgehead atoms. The monoisotopic (exact) mass is 290 g/mol. The first-order valence-electron chi connectivity index (χ1n) is 7.30. The Hall–Kier alpha value is -1.35. The Morgan fingerprint density at radius 2 is 1.90 bits per heavy atom. The smallest absolute Gasteiger partial charge is 0.226 e. The molecule has 1 fully saturated rings. The summed E-state index contributed by atoms with van der Waals surface area (Å²) in [5, 5.41) is 4.27. The summed E-state index contributed by atoms with van der Waals surface area (Å²) in [7, 11) is 0. The van der Waals surface area contributed by atoms with Gasteiger partial charge in [0.25, 0.3) is 0 Å². The highest BCUT2D eigenvalue weighted by molar-refractivity contribution is 6.17. The van der Waals surface area contributed by atoms with E-state index in [1.807, 2.05) is 6.07 Å². The normalized spacial score (nSPS) is 17.4. The second kappa shape index (κ2) is 5.96. The maximum absolute atomic E-state index is 5.72. The van der Waals surface area contributed by atoms with Crippen LogP contribution in [0.15, 0.2) is 34.9 Å². The van der Waals surface area contributed by atoms with Crippen LogP contribution >= 0.6 is 11.6 Å². The van der Waals surface area contributed by atoms with Crippen LogP contribution in [0.5, 0.6) is 0 Å². The first-order chi connectivity index (χ1) is 9.85. The zero-order chi connectivity index (χ0) is 13.8. The second-order valence-corrected chi connectivity index (χ2v) is 5.84. The topological polar surface area (TPSA) is 38.9 Å². The lowest BCUT2D eigenvalue weighted by molar-refractivity contribution is 0.359. The molecule has 1 heterocycles. The van der Waals surface area contributed by atoms with E-state index in [0.29, 0.717) is 11.8 Å². The highest BCUT2D eigenvalue weighted by Gasteiger charge is 2.41. The molecular formula is C16H19ClN2O. The number of aryl methyl sites for hydroxylation is 1. The Kier molecular flexibility index (Phi) is 4.06. The van der Waals surface area contributed by atoms with Gasteiger partial charge in [0.1, 0.15) is 0 Å². The molecule has 0 atom stereocenters. The van der Waals surface area contributed by atoms with E-state index >= 15 is 0 Å². The molecular weight excluding hydrogens is 272 g/mol. The third-order valence-corrected chi connectivity index (χ3v) is 4.47. The zero-order valence-electron chi connectivity index (χ0n) is 11.5. The van der Waals surface area contributed by atoms with E-state index in [1.54, 1.807) is 0 Å². The van der Waals surface area contributed by atoms with Gasteiger partial charge in [-0.05, 0) is 24.8 Å². The molecule has 1 saturated carbocycles. The Bertz CT molecular complexity index is 547. The first kappa shape index (κ1) is 13.6. The maximum Gasteiger partial charge on any atom is 0.226 e. The number of nitrogens with zero attached hydrogens (tertiary/aromatic N) is 2. The molecule has 0 spiro atoms. The molecule has 1 aromatic heterocycles. The molecule has 0 aliphatic heterocycles. The number of hydrogen-bond acceptors (Lipinski definition) is 3. The number of benzene rings is 1. The van der Waals surface area contributed by atoms with Gasteiger partial charge in [0.15, 0.2) is 5.82 Å². The van der Waals surface area contributed by atoms with Crippen molar-refractivity contribution >= 4 is 11.6 Å². The average Bonchev–Trinajstić information content (AvgIpc) is 3.16. The van der Waals surface area contributed by atoms with E-state index in [9.17, 15) is 0 Å². The van der Waals surface area contributed by atoms with Gasteiger partial charge < -0.3 is 4.52 Å². The highest BCUT2D eigenvalue weighted by Crippen LogP contribution is 2.45. The van der Waals surface area contributed by atoms with Gasteiger partial charge in [0.2, 0.25) is 5.89 Å². The number of alkyl halides is 1. The summed E-state index contributed by atoms with van der Waals surface area (Å²) in [4.78, 5) is 4.64. The Balaban J connectivity index is 1.93. The van der Waals surface area contributed by atoms with E-state index < -0.39 is 0 Å². The van der Waals surface area contributed by atoms with Crippen LogP contribution in [0.4, 0.5) is 0 Å². The van der Waals surface area contributed by atoms with Gasteiger partial charge in [-0.3, -0.25) is 0 Å². The molecule has 20 heavy (non-hydrogen) atoms. The average molecular weight is 291 g/mol. The van der Waals surface area contributed by atoms with E-state index in [-0.39, 0.29) is 5.41 Å². The number of halogens is 1. The van der Waals surface area contributed by atoms with Gasteiger partial charge in [-0.1, -0.05) is 48.3 Å². The molecule has 4 heteroatoms. The fourth-order valence-electron chi connectivity index (χ4n) is 3.15. The molecule has 2 aromatic rings. The number of hydrogen-bond donors (Lipinski definition) is 0. The van der Waals surface area contributed by atoms with Crippen LogP contribution in [0.25, 0.3) is 0 Å². The molecule has 0 amide bonds. The summed E-state index contributed by atoms with van der Waals surface area (Å²) in [6, 6.07) is 10.6. The summed E-state index contributed by atoms with van der Waals surface area (Å²) >= 11 is 5.72. The van der Waals surface area contributed by atoms with Crippen LogP contribution in [0.2, 0.25) is 0 Å². The van der Waals surface area contributed by atoms with Gasteiger partial charge >= 0.3 is 0 Å². The fraction of sp³-hybridized carbons (Fsp3) is 0.500. The second-order valence-electron chi connectivity index (χ2n) is 5.46.